The Morgan fingerprint density at radius 3 is 2.64 bits per heavy atom. The third kappa shape index (κ3) is 3.60. The van der Waals surface area contributed by atoms with Crippen molar-refractivity contribution >= 4 is 28.8 Å². The Labute approximate surface area is 143 Å². The molecule has 0 saturated heterocycles. The Morgan fingerprint density at radius 2 is 1.96 bits per heavy atom. The molecule has 3 N–H and O–H groups in total. The first kappa shape index (κ1) is 16.5. The van der Waals surface area contributed by atoms with Gasteiger partial charge in [0.25, 0.3) is 5.91 Å². The minimum atomic E-state index is -1.17. The molecular formula is C18H17N3O4. The van der Waals surface area contributed by atoms with Crippen molar-refractivity contribution in [1.82, 2.24) is 10.3 Å². The summed E-state index contributed by atoms with van der Waals surface area (Å²) in [5, 5.41) is 14.7. The maximum Gasteiger partial charge on any atom is 0.410 e. The molecule has 0 aliphatic rings. The standard InChI is InChI=1S/C18H17N3O4/c1-10-7-16(21-18(23)24)20-11(2)13(10)9-19-17(22)15-8-12-5-3-4-6-14(12)25-15/h3-8H,9H2,1-2H3,(H,19,22)(H,20,21)(H,23,24). The van der Waals surface area contributed by atoms with Gasteiger partial charge in [-0.2, -0.15) is 0 Å². The van der Waals surface area contributed by atoms with E-state index in [1.54, 1.807) is 25.1 Å². The van der Waals surface area contributed by atoms with Crippen molar-refractivity contribution in [3.05, 3.63) is 59.0 Å². The number of nitrogens with zero attached hydrogens (tertiary/aromatic N) is 1. The molecule has 0 aliphatic carbocycles. The Hall–Kier alpha value is -3.35. The molecule has 0 fully saturated rings. The summed E-state index contributed by atoms with van der Waals surface area (Å²) in [6.07, 6.45) is -1.17. The lowest BCUT2D eigenvalue weighted by atomic mass is 10.1. The molecule has 2 amide bonds. The molecule has 0 radical (unpaired) electrons. The molecule has 2 heterocycles. The predicted octanol–water partition coefficient (Wildman–Crippen LogP) is 3.46. The van der Waals surface area contributed by atoms with Crippen LogP contribution in [0, 0.1) is 13.8 Å². The maximum atomic E-state index is 12.3. The molecule has 0 spiro atoms. The summed E-state index contributed by atoms with van der Waals surface area (Å²) in [6, 6.07) is 10.7. The van der Waals surface area contributed by atoms with Crippen molar-refractivity contribution in [3.8, 4) is 0 Å². The summed E-state index contributed by atoms with van der Waals surface area (Å²) in [5.41, 5.74) is 2.97. The van der Waals surface area contributed by atoms with Gasteiger partial charge < -0.3 is 14.8 Å². The van der Waals surface area contributed by atoms with Crippen molar-refractivity contribution in [3.63, 3.8) is 0 Å². The third-order valence-electron chi connectivity index (χ3n) is 3.86. The lowest BCUT2D eigenvalue weighted by Gasteiger charge is -2.12. The van der Waals surface area contributed by atoms with E-state index in [1.807, 2.05) is 25.1 Å². The van der Waals surface area contributed by atoms with Gasteiger partial charge in [0.15, 0.2) is 5.76 Å². The summed E-state index contributed by atoms with van der Waals surface area (Å²) < 4.78 is 5.54. The van der Waals surface area contributed by atoms with Gasteiger partial charge in [-0.15, -0.1) is 0 Å². The van der Waals surface area contributed by atoms with E-state index >= 15 is 0 Å². The van der Waals surface area contributed by atoms with E-state index in [9.17, 15) is 9.59 Å². The van der Waals surface area contributed by atoms with Crippen LogP contribution in [0.2, 0.25) is 0 Å². The van der Waals surface area contributed by atoms with Crippen LogP contribution < -0.4 is 10.6 Å². The highest BCUT2D eigenvalue weighted by molar-refractivity contribution is 5.96. The number of nitrogens with one attached hydrogen (secondary N) is 2. The average Bonchev–Trinajstić information content (AvgIpc) is 2.97. The molecule has 3 rings (SSSR count). The fourth-order valence-electron chi connectivity index (χ4n) is 2.65. The fraction of sp³-hybridized carbons (Fsp3) is 0.167. The Kier molecular flexibility index (Phi) is 4.38. The van der Waals surface area contributed by atoms with Crippen LogP contribution in [0.5, 0.6) is 0 Å². The highest BCUT2D eigenvalue weighted by Crippen LogP contribution is 2.20. The lowest BCUT2D eigenvalue weighted by Crippen LogP contribution is -2.23. The summed E-state index contributed by atoms with van der Waals surface area (Å²) in [4.78, 5) is 27.2. The number of hydrogen-bond acceptors (Lipinski definition) is 4. The van der Waals surface area contributed by atoms with Crippen molar-refractivity contribution in [2.75, 3.05) is 5.32 Å². The number of aryl methyl sites for hydroxylation is 2. The van der Waals surface area contributed by atoms with Gasteiger partial charge in [-0.3, -0.25) is 10.1 Å². The van der Waals surface area contributed by atoms with E-state index < -0.39 is 6.09 Å². The van der Waals surface area contributed by atoms with Crippen LogP contribution in [-0.2, 0) is 6.54 Å². The maximum absolute atomic E-state index is 12.3. The summed E-state index contributed by atoms with van der Waals surface area (Å²) in [7, 11) is 0. The molecule has 7 heteroatoms. The molecule has 25 heavy (non-hydrogen) atoms. The summed E-state index contributed by atoms with van der Waals surface area (Å²) >= 11 is 0. The fourth-order valence-corrected chi connectivity index (χ4v) is 2.65. The molecule has 0 bridgehead atoms. The minimum absolute atomic E-state index is 0.244. The molecule has 7 nitrogen and oxygen atoms in total. The number of carbonyl (C=O) groups excluding carboxylic acids is 1. The van der Waals surface area contributed by atoms with Gasteiger partial charge in [0, 0.05) is 17.6 Å². The number of amides is 2. The second-order valence-electron chi connectivity index (χ2n) is 5.65. The Bertz CT molecular complexity index is 906. The van der Waals surface area contributed by atoms with E-state index in [0.29, 0.717) is 11.3 Å². The largest absolute Gasteiger partial charge is 0.465 e. The molecule has 0 saturated carbocycles. The summed E-state index contributed by atoms with van der Waals surface area (Å²) in [5.74, 6) is 0.186. The van der Waals surface area contributed by atoms with Gasteiger partial charge in [0.1, 0.15) is 11.4 Å². The summed E-state index contributed by atoms with van der Waals surface area (Å²) in [6.45, 7) is 3.88. The molecule has 1 aromatic carbocycles. The normalized spacial score (nSPS) is 10.6. The zero-order valence-electron chi connectivity index (χ0n) is 13.8. The van der Waals surface area contributed by atoms with Gasteiger partial charge in [0.05, 0.1) is 0 Å². The first-order chi connectivity index (χ1) is 11.9. The van der Waals surface area contributed by atoms with E-state index in [4.69, 9.17) is 9.52 Å². The van der Waals surface area contributed by atoms with Crippen LogP contribution in [0.25, 0.3) is 11.0 Å². The van der Waals surface area contributed by atoms with Gasteiger partial charge in [-0.1, -0.05) is 18.2 Å². The Morgan fingerprint density at radius 1 is 1.20 bits per heavy atom. The first-order valence-electron chi connectivity index (χ1n) is 7.68. The smallest absolute Gasteiger partial charge is 0.410 e. The van der Waals surface area contributed by atoms with Crippen LogP contribution in [-0.4, -0.2) is 22.1 Å². The van der Waals surface area contributed by atoms with Crippen LogP contribution in [0.3, 0.4) is 0 Å². The lowest BCUT2D eigenvalue weighted by molar-refractivity contribution is 0.0925. The van der Waals surface area contributed by atoms with Crippen molar-refractivity contribution in [2.24, 2.45) is 0 Å². The number of fused-ring (bicyclic) bond motifs is 1. The van der Waals surface area contributed by atoms with Crippen molar-refractivity contribution in [2.45, 2.75) is 20.4 Å². The van der Waals surface area contributed by atoms with Gasteiger partial charge in [0.2, 0.25) is 0 Å². The van der Waals surface area contributed by atoms with Crippen molar-refractivity contribution in [1.29, 1.82) is 0 Å². The van der Waals surface area contributed by atoms with E-state index in [0.717, 1.165) is 16.5 Å². The monoisotopic (exact) mass is 339 g/mol. The van der Waals surface area contributed by atoms with Crippen LogP contribution >= 0.6 is 0 Å². The SMILES string of the molecule is Cc1cc(NC(=O)O)nc(C)c1CNC(=O)c1cc2ccccc2o1. The number of carbonyl (C=O) groups is 2. The molecule has 0 aliphatic heterocycles. The number of hydrogen-bond donors (Lipinski definition) is 3. The highest BCUT2D eigenvalue weighted by Gasteiger charge is 2.14. The zero-order chi connectivity index (χ0) is 18.0. The number of pyridine rings is 1. The zero-order valence-corrected chi connectivity index (χ0v) is 13.8. The quantitative estimate of drug-likeness (QED) is 0.675. The minimum Gasteiger partial charge on any atom is -0.465 e. The molecule has 2 aromatic heterocycles. The molecule has 0 atom stereocenters. The number of para-hydroxylation sites is 1. The molecule has 128 valence electrons. The Balaban J connectivity index is 1.74. The molecule has 0 unspecified atom stereocenters. The van der Waals surface area contributed by atoms with Crippen LogP contribution in [0.4, 0.5) is 10.6 Å². The molecular weight excluding hydrogens is 322 g/mol. The first-order valence-corrected chi connectivity index (χ1v) is 7.68. The van der Waals surface area contributed by atoms with Gasteiger partial charge in [-0.05, 0) is 43.2 Å². The second-order valence-corrected chi connectivity index (χ2v) is 5.65. The van der Waals surface area contributed by atoms with Crippen LogP contribution in [0.15, 0.2) is 40.8 Å². The van der Waals surface area contributed by atoms with E-state index in [-0.39, 0.29) is 24.0 Å². The van der Waals surface area contributed by atoms with Crippen LogP contribution in [0.1, 0.15) is 27.4 Å². The number of benzene rings is 1. The van der Waals surface area contributed by atoms with Gasteiger partial charge >= 0.3 is 6.09 Å². The number of rotatable bonds is 4. The highest BCUT2D eigenvalue weighted by atomic mass is 16.4. The predicted molar refractivity (Wildman–Crippen MR) is 92.7 cm³/mol. The number of aromatic nitrogens is 1. The number of furan rings is 1. The number of carboxylic acid groups (broad SMARTS) is 1. The average molecular weight is 339 g/mol. The number of anilines is 1. The van der Waals surface area contributed by atoms with Crippen molar-refractivity contribution < 1.29 is 19.1 Å². The topological polar surface area (TPSA) is 104 Å². The van der Waals surface area contributed by atoms with E-state index in [2.05, 4.69) is 15.6 Å². The van der Waals surface area contributed by atoms with E-state index in [1.165, 1.54) is 0 Å². The molecule has 3 aromatic rings. The second kappa shape index (κ2) is 6.64. The van der Waals surface area contributed by atoms with Gasteiger partial charge in [-0.25, -0.2) is 9.78 Å². The third-order valence-corrected chi connectivity index (χ3v) is 3.86.